The molecule has 0 aliphatic carbocycles. The van der Waals surface area contributed by atoms with E-state index < -0.39 is 11.3 Å². The zero-order valence-corrected chi connectivity index (χ0v) is 13.5. The number of aromatic nitrogens is 1. The normalized spacial score (nSPS) is 10.4. The highest BCUT2D eigenvalue weighted by molar-refractivity contribution is 6.31. The first-order valence-corrected chi connectivity index (χ1v) is 7.48. The van der Waals surface area contributed by atoms with Crippen molar-refractivity contribution in [1.29, 1.82) is 5.26 Å². The number of anilines is 1. The van der Waals surface area contributed by atoms with Gasteiger partial charge in [-0.1, -0.05) is 23.7 Å². The fraction of sp³-hybridized carbons (Fsp3) is 0.0556. The Hall–Kier alpha value is -3.10. The third kappa shape index (κ3) is 2.75. The fourth-order valence-corrected chi connectivity index (χ4v) is 2.68. The Labute approximate surface area is 142 Å². The number of nitrogens with one attached hydrogen (secondary N) is 1. The van der Waals surface area contributed by atoms with Gasteiger partial charge in [-0.2, -0.15) is 5.26 Å². The second-order valence-electron chi connectivity index (χ2n) is 5.26. The van der Waals surface area contributed by atoms with Gasteiger partial charge in [-0.05, 0) is 30.3 Å². The molecule has 0 fully saturated rings. The lowest BCUT2D eigenvalue weighted by Gasteiger charge is -2.10. The first-order chi connectivity index (χ1) is 11.5. The number of pyridine rings is 1. The molecule has 0 spiro atoms. The van der Waals surface area contributed by atoms with Gasteiger partial charge in [0.1, 0.15) is 11.6 Å². The molecule has 5 nitrogen and oxygen atoms in total. The van der Waals surface area contributed by atoms with E-state index in [1.165, 1.54) is 6.20 Å². The van der Waals surface area contributed by atoms with E-state index in [1.807, 2.05) is 6.07 Å². The van der Waals surface area contributed by atoms with Gasteiger partial charge in [0.2, 0.25) is 5.43 Å². The number of fused-ring (bicyclic) bond motifs is 1. The zero-order valence-electron chi connectivity index (χ0n) is 12.7. The number of rotatable bonds is 2. The van der Waals surface area contributed by atoms with Crippen molar-refractivity contribution < 1.29 is 4.79 Å². The smallest absolute Gasteiger partial charge is 0.261 e. The van der Waals surface area contributed by atoms with Crippen LogP contribution in [-0.2, 0) is 7.05 Å². The molecule has 3 aromatic rings. The first kappa shape index (κ1) is 15.8. The number of hydrogen-bond donors (Lipinski definition) is 1. The van der Waals surface area contributed by atoms with Crippen LogP contribution in [0.5, 0.6) is 0 Å². The van der Waals surface area contributed by atoms with Gasteiger partial charge in [0.15, 0.2) is 0 Å². The lowest BCUT2D eigenvalue weighted by Crippen LogP contribution is -2.23. The minimum atomic E-state index is -0.569. The molecule has 0 atom stereocenters. The molecule has 1 heterocycles. The van der Waals surface area contributed by atoms with Gasteiger partial charge in [0, 0.05) is 23.7 Å². The molecule has 1 N–H and O–H groups in total. The predicted octanol–water partition coefficient (Wildman–Crippen LogP) is 3.32. The van der Waals surface area contributed by atoms with E-state index in [0.29, 0.717) is 27.2 Å². The van der Waals surface area contributed by atoms with Crippen LogP contribution in [-0.4, -0.2) is 10.5 Å². The third-order valence-corrected chi connectivity index (χ3v) is 3.93. The SMILES string of the molecule is Cn1cc(C(=O)Nc2ccccc2C#N)c(=O)c2cc(Cl)ccc21. The monoisotopic (exact) mass is 337 g/mol. The molecule has 3 rings (SSSR count). The Morgan fingerprint density at radius 3 is 2.75 bits per heavy atom. The number of halogens is 1. The van der Waals surface area contributed by atoms with E-state index in [0.717, 1.165) is 0 Å². The van der Waals surface area contributed by atoms with E-state index in [4.69, 9.17) is 16.9 Å². The predicted molar refractivity (Wildman–Crippen MR) is 93.3 cm³/mol. The summed E-state index contributed by atoms with van der Waals surface area (Å²) in [7, 11) is 1.75. The van der Waals surface area contributed by atoms with Gasteiger partial charge in [0.25, 0.3) is 5.91 Å². The Bertz CT molecular complexity index is 1060. The third-order valence-electron chi connectivity index (χ3n) is 3.69. The molecule has 0 aliphatic rings. The van der Waals surface area contributed by atoms with Crippen LogP contribution in [0.15, 0.2) is 53.5 Å². The maximum absolute atomic E-state index is 12.6. The summed E-state index contributed by atoms with van der Waals surface area (Å²) in [6.07, 6.45) is 1.48. The Kier molecular flexibility index (Phi) is 4.07. The average molecular weight is 338 g/mol. The van der Waals surface area contributed by atoms with Gasteiger partial charge in [-0.15, -0.1) is 0 Å². The summed E-state index contributed by atoms with van der Waals surface area (Å²) in [5, 5.41) is 12.5. The Balaban J connectivity index is 2.09. The van der Waals surface area contributed by atoms with Gasteiger partial charge in [-0.3, -0.25) is 9.59 Å². The van der Waals surface area contributed by atoms with Crippen LogP contribution < -0.4 is 10.7 Å². The number of nitriles is 1. The standard InChI is InChI=1S/C18H12ClN3O2/c1-22-10-14(17(23)13-8-12(19)6-7-16(13)22)18(24)21-15-5-3-2-4-11(15)9-20/h2-8,10H,1H3,(H,21,24). The van der Waals surface area contributed by atoms with Gasteiger partial charge < -0.3 is 9.88 Å². The first-order valence-electron chi connectivity index (χ1n) is 7.10. The second kappa shape index (κ2) is 6.19. The highest BCUT2D eigenvalue weighted by atomic mass is 35.5. The fourth-order valence-electron chi connectivity index (χ4n) is 2.51. The molecule has 0 radical (unpaired) electrons. The lowest BCUT2D eigenvalue weighted by molar-refractivity contribution is 0.102. The van der Waals surface area contributed by atoms with Crippen molar-refractivity contribution in [3.63, 3.8) is 0 Å². The molecule has 0 saturated heterocycles. The Morgan fingerprint density at radius 2 is 2.00 bits per heavy atom. The van der Waals surface area contributed by atoms with Crippen molar-refractivity contribution in [3.8, 4) is 6.07 Å². The molecule has 118 valence electrons. The number of aryl methyl sites for hydroxylation is 1. The molecular formula is C18H12ClN3O2. The number of carbonyl (C=O) groups is 1. The van der Waals surface area contributed by atoms with Crippen molar-refractivity contribution in [1.82, 2.24) is 4.57 Å². The topological polar surface area (TPSA) is 74.9 Å². The summed E-state index contributed by atoms with van der Waals surface area (Å²) in [6.45, 7) is 0. The molecule has 0 saturated carbocycles. The van der Waals surface area contributed by atoms with Crippen molar-refractivity contribution in [2.45, 2.75) is 0 Å². The van der Waals surface area contributed by atoms with E-state index in [9.17, 15) is 9.59 Å². The van der Waals surface area contributed by atoms with Crippen LogP contribution in [0.1, 0.15) is 15.9 Å². The van der Waals surface area contributed by atoms with Crippen molar-refractivity contribution >= 4 is 34.1 Å². The largest absolute Gasteiger partial charge is 0.350 e. The van der Waals surface area contributed by atoms with E-state index in [1.54, 1.807) is 54.1 Å². The minimum absolute atomic E-state index is 0.0139. The minimum Gasteiger partial charge on any atom is -0.350 e. The van der Waals surface area contributed by atoms with Crippen LogP contribution in [0.25, 0.3) is 10.9 Å². The van der Waals surface area contributed by atoms with Gasteiger partial charge >= 0.3 is 0 Å². The van der Waals surface area contributed by atoms with Crippen LogP contribution >= 0.6 is 11.6 Å². The molecule has 1 amide bonds. The van der Waals surface area contributed by atoms with Crippen LogP contribution in [0, 0.1) is 11.3 Å². The lowest BCUT2D eigenvalue weighted by atomic mass is 10.1. The van der Waals surface area contributed by atoms with Crippen molar-refractivity contribution in [2.24, 2.45) is 7.05 Å². The molecule has 1 aromatic heterocycles. The number of para-hydroxylation sites is 1. The van der Waals surface area contributed by atoms with Crippen molar-refractivity contribution in [3.05, 3.63) is 75.0 Å². The maximum Gasteiger partial charge on any atom is 0.261 e. The summed E-state index contributed by atoms with van der Waals surface area (Å²) in [6, 6.07) is 13.6. The molecule has 0 unspecified atom stereocenters. The van der Waals surface area contributed by atoms with E-state index >= 15 is 0 Å². The molecule has 6 heteroatoms. The quantitative estimate of drug-likeness (QED) is 0.779. The van der Waals surface area contributed by atoms with Gasteiger partial charge in [-0.25, -0.2) is 0 Å². The number of nitrogens with zero attached hydrogens (tertiary/aromatic N) is 2. The number of benzene rings is 2. The average Bonchev–Trinajstić information content (AvgIpc) is 2.58. The number of amides is 1. The van der Waals surface area contributed by atoms with Crippen LogP contribution in [0.4, 0.5) is 5.69 Å². The summed E-state index contributed by atoms with van der Waals surface area (Å²) < 4.78 is 1.69. The number of carbonyl (C=O) groups excluding carboxylic acids is 1. The van der Waals surface area contributed by atoms with Crippen molar-refractivity contribution in [2.75, 3.05) is 5.32 Å². The highest BCUT2D eigenvalue weighted by Gasteiger charge is 2.16. The molecule has 0 bridgehead atoms. The summed E-state index contributed by atoms with van der Waals surface area (Å²) in [4.78, 5) is 25.1. The molecule has 24 heavy (non-hydrogen) atoms. The summed E-state index contributed by atoms with van der Waals surface area (Å²) >= 11 is 5.96. The van der Waals surface area contributed by atoms with Crippen LogP contribution in [0.2, 0.25) is 5.02 Å². The van der Waals surface area contributed by atoms with Gasteiger partial charge in [0.05, 0.1) is 16.8 Å². The van der Waals surface area contributed by atoms with E-state index in [-0.39, 0.29) is 5.56 Å². The highest BCUT2D eigenvalue weighted by Crippen LogP contribution is 2.18. The Morgan fingerprint density at radius 1 is 1.25 bits per heavy atom. The molecule has 0 aliphatic heterocycles. The maximum atomic E-state index is 12.6. The molecular weight excluding hydrogens is 326 g/mol. The summed E-state index contributed by atoms with van der Waals surface area (Å²) in [5.41, 5.74) is 0.945. The zero-order chi connectivity index (χ0) is 17.3. The summed E-state index contributed by atoms with van der Waals surface area (Å²) in [5.74, 6) is -0.569. The number of hydrogen-bond acceptors (Lipinski definition) is 3. The molecule has 2 aromatic carbocycles. The second-order valence-corrected chi connectivity index (χ2v) is 5.69. The van der Waals surface area contributed by atoms with E-state index in [2.05, 4.69) is 5.32 Å². The van der Waals surface area contributed by atoms with Crippen LogP contribution in [0.3, 0.4) is 0 Å².